The van der Waals surface area contributed by atoms with Crippen LogP contribution in [0.5, 0.6) is 0 Å². The zero-order valence-electron chi connectivity index (χ0n) is 13.3. The second-order valence-electron chi connectivity index (χ2n) is 5.91. The molecule has 0 saturated carbocycles. The fraction of sp³-hybridized carbons (Fsp3) is 0.533. The predicted octanol–water partition coefficient (Wildman–Crippen LogP) is 0.707. The smallest absolute Gasteiger partial charge is 0.274 e. The van der Waals surface area contributed by atoms with Gasteiger partial charge in [0.25, 0.3) is 11.5 Å². The van der Waals surface area contributed by atoms with Gasteiger partial charge in [0, 0.05) is 19.3 Å². The van der Waals surface area contributed by atoms with Crippen molar-refractivity contribution in [2.24, 2.45) is 13.0 Å². The Bertz CT molecular complexity index is 745. The molecule has 2 aromatic heterocycles. The molecule has 2 heterocycles. The Morgan fingerprint density at radius 3 is 2.82 bits per heavy atom. The molecule has 2 atom stereocenters. The van der Waals surface area contributed by atoms with Gasteiger partial charge in [-0.15, -0.1) is 0 Å². The average Bonchev–Trinajstić information content (AvgIpc) is 2.69. The lowest BCUT2D eigenvalue weighted by atomic mass is 10.0. The molecule has 0 aliphatic carbocycles. The number of aromatic amines is 1. The summed E-state index contributed by atoms with van der Waals surface area (Å²) in [4.78, 5) is 28.7. The number of H-pyrrole nitrogens is 1. The summed E-state index contributed by atoms with van der Waals surface area (Å²) in [6, 6.07) is 1.62. The molecule has 1 amide bonds. The van der Waals surface area contributed by atoms with Crippen LogP contribution < -0.4 is 10.9 Å². The molecule has 22 heavy (non-hydrogen) atoms. The molecular weight excluding hydrogens is 284 g/mol. The van der Waals surface area contributed by atoms with E-state index in [0.29, 0.717) is 35.3 Å². The second-order valence-corrected chi connectivity index (χ2v) is 5.91. The van der Waals surface area contributed by atoms with Crippen molar-refractivity contribution in [1.29, 1.82) is 0 Å². The van der Waals surface area contributed by atoms with Gasteiger partial charge in [0.1, 0.15) is 0 Å². The van der Waals surface area contributed by atoms with Crippen LogP contribution in [-0.4, -0.2) is 38.4 Å². The maximum atomic E-state index is 12.4. The average molecular weight is 306 g/mol. The monoisotopic (exact) mass is 306 g/mol. The van der Waals surface area contributed by atoms with E-state index in [2.05, 4.69) is 15.4 Å². The first kappa shape index (κ1) is 16.2. The summed E-state index contributed by atoms with van der Waals surface area (Å²) in [6.45, 7) is 5.90. The van der Waals surface area contributed by atoms with E-state index < -0.39 is 6.10 Å². The maximum Gasteiger partial charge on any atom is 0.274 e. The minimum Gasteiger partial charge on any atom is -0.393 e. The van der Waals surface area contributed by atoms with Gasteiger partial charge in [0.05, 0.1) is 17.1 Å². The minimum atomic E-state index is -0.404. The third-order valence-corrected chi connectivity index (χ3v) is 3.54. The van der Waals surface area contributed by atoms with Crippen LogP contribution in [0.1, 0.15) is 36.3 Å². The summed E-state index contributed by atoms with van der Waals surface area (Å²) in [5.74, 6) is -0.152. The molecule has 0 bridgehead atoms. The Hall–Kier alpha value is -2.15. The zero-order valence-corrected chi connectivity index (χ0v) is 13.3. The lowest BCUT2D eigenvalue weighted by molar-refractivity contribution is 0.0941. The van der Waals surface area contributed by atoms with Gasteiger partial charge < -0.3 is 10.4 Å². The number of carbonyl (C=O) groups is 1. The van der Waals surface area contributed by atoms with E-state index in [1.54, 1.807) is 27.0 Å². The molecule has 2 rings (SSSR count). The van der Waals surface area contributed by atoms with Crippen LogP contribution in [0.2, 0.25) is 0 Å². The van der Waals surface area contributed by atoms with Crippen LogP contribution in [0.25, 0.3) is 11.0 Å². The highest BCUT2D eigenvalue weighted by molar-refractivity contribution is 6.05. The lowest BCUT2D eigenvalue weighted by Crippen LogP contribution is -2.30. The van der Waals surface area contributed by atoms with Crippen LogP contribution in [0.15, 0.2) is 10.9 Å². The number of nitrogens with zero attached hydrogens (tertiary/aromatic N) is 2. The first-order chi connectivity index (χ1) is 10.3. The van der Waals surface area contributed by atoms with E-state index in [9.17, 15) is 14.7 Å². The lowest BCUT2D eigenvalue weighted by Gasteiger charge is -2.14. The van der Waals surface area contributed by atoms with Crippen LogP contribution in [0.4, 0.5) is 0 Å². The standard InChI is InChI=1S/C15H22N4O3/c1-8(5-10(3)20)7-16-14(21)11-6-9(2)17-13-12(11)15(22)18-19(13)4/h6,8,10,20H,5,7H2,1-4H3,(H,16,21)(H,18,22). The van der Waals surface area contributed by atoms with Crippen LogP contribution in [0, 0.1) is 12.8 Å². The molecule has 0 aromatic carbocycles. The number of rotatable bonds is 5. The van der Waals surface area contributed by atoms with Crippen molar-refractivity contribution < 1.29 is 9.90 Å². The minimum absolute atomic E-state index is 0.149. The molecule has 3 N–H and O–H groups in total. The SMILES string of the molecule is Cc1cc(C(=O)NCC(C)CC(C)O)c2c(=O)[nH]n(C)c2n1. The van der Waals surface area contributed by atoms with Gasteiger partial charge in [-0.05, 0) is 32.3 Å². The molecule has 0 radical (unpaired) electrons. The molecule has 0 saturated heterocycles. The van der Waals surface area contributed by atoms with E-state index in [4.69, 9.17) is 0 Å². The van der Waals surface area contributed by atoms with Gasteiger partial charge in [-0.1, -0.05) is 6.92 Å². The summed E-state index contributed by atoms with van der Waals surface area (Å²) in [6.07, 6.45) is 0.204. The summed E-state index contributed by atoms with van der Waals surface area (Å²) in [7, 11) is 1.68. The number of aryl methyl sites for hydroxylation is 2. The number of pyridine rings is 1. The van der Waals surface area contributed by atoms with Gasteiger partial charge >= 0.3 is 0 Å². The fourth-order valence-electron chi connectivity index (χ4n) is 2.59. The number of aromatic nitrogens is 3. The summed E-state index contributed by atoms with van der Waals surface area (Å²) in [5, 5.41) is 15.1. The highest BCUT2D eigenvalue weighted by Crippen LogP contribution is 2.14. The molecule has 2 unspecified atom stereocenters. The molecule has 2 aromatic rings. The van der Waals surface area contributed by atoms with E-state index >= 15 is 0 Å². The quantitative estimate of drug-likeness (QED) is 0.757. The third kappa shape index (κ3) is 3.36. The van der Waals surface area contributed by atoms with Crippen LogP contribution >= 0.6 is 0 Å². The van der Waals surface area contributed by atoms with E-state index in [0.717, 1.165) is 0 Å². The normalized spacial score (nSPS) is 14.0. The van der Waals surface area contributed by atoms with E-state index in [1.807, 2.05) is 6.92 Å². The largest absolute Gasteiger partial charge is 0.393 e. The van der Waals surface area contributed by atoms with Crippen molar-refractivity contribution in [2.75, 3.05) is 6.54 Å². The van der Waals surface area contributed by atoms with Crippen molar-refractivity contribution in [1.82, 2.24) is 20.1 Å². The predicted molar refractivity (Wildman–Crippen MR) is 83.9 cm³/mol. The van der Waals surface area contributed by atoms with Crippen LogP contribution in [0.3, 0.4) is 0 Å². The third-order valence-electron chi connectivity index (χ3n) is 3.54. The number of aliphatic hydroxyl groups is 1. The molecule has 7 nitrogen and oxygen atoms in total. The number of amides is 1. The van der Waals surface area contributed by atoms with Gasteiger partial charge in [-0.2, -0.15) is 0 Å². The number of carbonyl (C=O) groups excluding carboxylic acids is 1. The van der Waals surface area contributed by atoms with E-state index in [-0.39, 0.29) is 17.4 Å². The Morgan fingerprint density at radius 2 is 2.18 bits per heavy atom. The van der Waals surface area contributed by atoms with Crippen molar-refractivity contribution in [3.63, 3.8) is 0 Å². The van der Waals surface area contributed by atoms with Crippen molar-refractivity contribution in [3.8, 4) is 0 Å². The first-order valence-corrected chi connectivity index (χ1v) is 7.32. The highest BCUT2D eigenvalue weighted by atomic mass is 16.3. The van der Waals surface area contributed by atoms with Gasteiger partial charge in [-0.25, -0.2) is 4.98 Å². The number of fused-ring (bicyclic) bond motifs is 1. The van der Waals surface area contributed by atoms with Gasteiger partial charge in [-0.3, -0.25) is 19.4 Å². The Morgan fingerprint density at radius 1 is 1.50 bits per heavy atom. The molecule has 0 aliphatic heterocycles. The molecule has 120 valence electrons. The molecule has 7 heteroatoms. The number of hydrogen-bond donors (Lipinski definition) is 3. The van der Waals surface area contributed by atoms with Crippen molar-refractivity contribution in [3.05, 3.63) is 27.7 Å². The number of nitrogens with one attached hydrogen (secondary N) is 2. The second kappa shape index (κ2) is 6.31. The topological polar surface area (TPSA) is 100 Å². The molecule has 0 fully saturated rings. The molecule has 0 spiro atoms. The van der Waals surface area contributed by atoms with Gasteiger partial charge in [0.2, 0.25) is 0 Å². The Kier molecular flexibility index (Phi) is 4.65. The van der Waals surface area contributed by atoms with Crippen molar-refractivity contribution in [2.45, 2.75) is 33.3 Å². The van der Waals surface area contributed by atoms with Crippen LogP contribution in [-0.2, 0) is 7.05 Å². The van der Waals surface area contributed by atoms with Crippen molar-refractivity contribution >= 4 is 16.9 Å². The zero-order chi connectivity index (χ0) is 16.4. The van der Waals surface area contributed by atoms with E-state index in [1.165, 1.54) is 4.68 Å². The Labute approximate surface area is 128 Å². The maximum absolute atomic E-state index is 12.4. The Balaban J connectivity index is 2.27. The number of hydrogen-bond acceptors (Lipinski definition) is 4. The summed E-state index contributed by atoms with van der Waals surface area (Å²) >= 11 is 0. The number of aliphatic hydroxyl groups excluding tert-OH is 1. The first-order valence-electron chi connectivity index (χ1n) is 7.32. The molecular formula is C15H22N4O3. The highest BCUT2D eigenvalue weighted by Gasteiger charge is 2.18. The molecule has 0 aliphatic rings. The fourth-order valence-corrected chi connectivity index (χ4v) is 2.59. The summed E-state index contributed by atoms with van der Waals surface area (Å²) < 4.78 is 1.51. The van der Waals surface area contributed by atoms with Gasteiger partial charge in [0.15, 0.2) is 5.65 Å². The summed E-state index contributed by atoms with van der Waals surface area (Å²) in [5.41, 5.74) is 1.14.